The topological polar surface area (TPSA) is 74.6 Å². The van der Waals surface area contributed by atoms with E-state index in [1.54, 1.807) is 24.3 Å². The van der Waals surface area contributed by atoms with Crippen LogP contribution in [0.1, 0.15) is 22.3 Å². The molecular weight excluding hydrogens is 244 g/mol. The summed E-state index contributed by atoms with van der Waals surface area (Å²) in [5, 5.41) is 17.7. The highest BCUT2D eigenvalue weighted by Crippen LogP contribution is 2.30. The van der Waals surface area contributed by atoms with Gasteiger partial charge in [-0.3, -0.25) is 0 Å². The number of hydrogen-bond donors (Lipinski definition) is 2. The summed E-state index contributed by atoms with van der Waals surface area (Å²) in [6, 6.07) is 6.42. The minimum Gasteiger partial charge on any atom is -0.478 e. The third-order valence-corrected chi connectivity index (χ3v) is 2.95. The van der Waals surface area contributed by atoms with Gasteiger partial charge in [0, 0.05) is 12.0 Å². The number of benzene rings is 1. The number of carbonyl (C=O) groups is 2. The van der Waals surface area contributed by atoms with Crippen LogP contribution in [0.2, 0.25) is 0 Å². The lowest BCUT2D eigenvalue weighted by atomic mass is 9.89. The van der Waals surface area contributed by atoms with Crippen molar-refractivity contribution < 1.29 is 19.8 Å². The molecule has 0 atom stereocenters. The number of aromatic carboxylic acids is 1. The van der Waals surface area contributed by atoms with Crippen LogP contribution >= 0.6 is 0 Å². The van der Waals surface area contributed by atoms with Gasteiger partial charge < -0.3 is 10.2 Å². The number of hydrogen-bond acceptors (Lipinski definition) is 2. The molecule has 4 heteroatoms. The molecule has 1 aliphatic carbocycles. The number of allylic oxidation sites excluding steroid dienone is 4. The van der Waals surface area contributed by atoms with Crippen molar-refractivity contribution in [3.8, 4) is 0 Å². The van der Waals surface area contributed by atoms with Crippen LogP contribution in [-0.2, 0) is 4.79 Å². The van der Waals surface area contributed by atoms with E-state index < -0.39 is 11.9 Å². The molecule has 0 aromatic heterocycles. The maximum absolute atomic E-state index is 10.9. The zero-order valence-corrected chi connectivity index (χ0v) is 10.1. The van der Waals surface area contributed by atoms with Crippen molar-refractivity contribution in [2.45, 2.75) is 6.42 Å². The van der Waals surface area contributed by atoms with E-state index in [1.807, 2.05) is 0 Å². The van der Waals surface area contributed by atoms with E-state index in [1.165, 1.54) is 12.1 Å². The van der Waals surface area contributed by atoms with Gasteiger partial charge in [-0.15, -0.1) is 0 Å². The van der Waals surface area contributed by atoms with Gasteiger partial charge in [0.1, 0.15) is 0 Å². The summed E-state index contributed by atoms with van der Waals surface area (Å²) in [5.41, 5.74) is 2.89. The van der Waals surface area contributed by atoms with Crippen LogP contribution in [0.15, 0.2) is 54.1 Å². The normalized spacial score (nSPS) is 14.6. The second-order valence-electron chi connectivity index (χ2n) is 4.24. The van der Waals surface area contributed by atoms with Crippen LogP contribution in [0.25, 0.3) is 5.57 Å². The Balaban J connectivity index is 2.34. The SMILES string of the molecule is C=C1CC(C(=O)O)=CC=C1c1ccc(C(=O)O)cc1. The number of rotatable bonds is 3. The molecule has 19 heavy (non-hydrogen) atoms. The molecule has 1 aromatic carbocycles. The maximum Gasteiger partial charge on any atom is 0.335 e. The molecule has 0 saturated carbocycles. The molecule has 96 valence electrons. The highest BCUT2D eigenvalue weighted by atomic mass is 16.4. The van der Waals surface area contributed by atoms with Crippen LogP contribution in [0.3, 0.4) is 0 Å². The van der Waals surface area contributed by atoms with E-state index in [0.717, 1.165) is 11.1 Å². The van der Waals surface area contributed by atoms with Crippen LogP contribution in [0.5, 0.6) is 0 Å². The average Bonchev–Trinajstić information content (AvgIpc) is 2.38. The molecule has 1 aliphatic rings. The quantitative estimate of drug-likeness (QED) is 0.872. The first-order chi connectivity index (χ1) is 8.99. The Bertz CT molecular complexity index is 618. The van der Waals surface area contributed by atoms with Gasteiger partial charge in [0.05, 0.1) is 5.56 Å². The predicted molar refractivity (Wildman–Crippen MR) is 70.9 cm³/mol. The zero-order valence-electron chi connectivity index (χ0n) is 10.1. The van der Waals surface area contributed by atoms with Gasteiger partial charge in [-0.25, -0.2) is 9.59 Å². The largest absolute Gasteiger partial charge is 0.478 e. The molecule has 0 bridgehead atoms. The first-order valence-electron chi connectivity index (χ1n) is 5.65. The van der Waals surface area contributed by atoms with Gasteiger partial charge in [0.15, 0.2) is 0 Å². The molecule has 0 saturated heterocycles. The maximum atomic E-state index is 10.9. The molecule has 4 nitrogen and oxygen atoms in total. The van der Waals surface area contributed by atoms with Crippen molar-refractivity contribution >= 4 is 17.5 Å². The van der Waals surface area contributed by atoms with Gasteiger partial charge in [0.25, 0.3) is 0 Å². The van der Waals surface area contributed by atoms with Gasteiger partial charge in [-0.05, 0) is 28.8 Å². The highest BCUT2D eigenvalue weighted by Gasteiger charge is 2.16. The van der Waals surface area contributed by atoms with Crippen LogP contribution < -0.4 is 0 Å². The van der Waals surface area contributed by atoms with E-state index >= 15 is 0 Å². The Morgan fingerprint density at radius 3 is 2.11 bits per heavy atom. The van der Waals surface area contributed by atoms with E-state index in [9.17, 15) is 9.59 Å². The fourth-order valence-electron chi connectivity index (χ4n) is 1.93. The van der Waals surface area contributed by atoms with Crippen molar-refractivity contribution in [1.29, 1.82) is 0 Å². The fourth-order valence-corrected chi connectivity index (χ4v) is 1.93. The average molecular weight is 256 g/mol. The first kappa shape index (κ1) is 12.8. The highest BCUT2D eigenvalue weighted by molar-refractivity contribution is 5.93. The van der Waals surface area contributed by atoms with Crippen molar-refractivity contribution in [3.63, 3.8) is 0 Å². The van der Waals surface area contributed by atoms with Crippen LogP contribution in [0, 0.1) is 0 Å². The molecule has 2 rings (SSSR count). The van der Waals surface area contributed by atoms with E-state index in [-0.39, 0.29) is 5.56 Å². The Hall–Kier alpha value is -2.62. The molecule has 0 unspecified atom stereocenters. The molecule has 0 heterocycles. The molecule has 0 amide bonds. The number of carboxylic acid groups (broad SMARTS) is 2. The lowest BCUT2D eigenvalue weighted by Crippen LogP contribution is -2.05. The van der Waals surface area contributed by atoms with Crippen LogP contribution in [0.4, 0.5) is 0 Å². The van der Waals surface area contributed by atoms with Gasteiger partial charge in [0.2, 0.25) is 0 Å². The molecule has 0 fully saturated rings. The summed E-state index contributed by atoms with van der Waals surface area (Å²) in [7, 11) is 0. The molecule has 1 aromatic rings. The fraction of sp³-hybridized carbons (Fsp3) is 0.0667. The van der Waals surface area contributed by atoms with Crippen molar-refractivity contribution in [2.24, 2.45) is 0 Å². The Kier molecular flexibility index (Phi) is 3.33. The summed E-state index contributed by atoms with van der Waals surface area (Å²) in [5.74, 6) is -1.92. The summed E-state index contributed by atoms with van der Waals surface area (Å²) in [6.07, 6.45) is 3.55. The number of carboxylic acids is 2. The Labute approximate surface area is 110 Å². The van der Waals surface area contributed by atoms with Crippen molar-refractivity contribution in [3.05, 3.63) is 65.3 Å². The Morgan fingerprint density at radius 2 is 1.63 bits per heavy atom. The van der Waals surface area contributed by atoms with Gasteiger partial charge in [-0.1, -0.05) is 30.9 Å². The standard InChI is InChI=1S/C15H12O4/c1-9-8-12(15(18)19)6-7-13(9)10-2-4-11(5-3-10)14(16)17/h2-7H,1,8H2,(H,16,17)(H,18,19). The third-order valence-electron chi connectivity index (χ3n) is 2.95. The van der Waals surface area contributed by atoms with Crippen molar-refractivity contribution in [1.82, 2.24) is 0 Å². The molecule has 0 radical (unpaired) electrons. The van der Waals surface area contributed by atoms with E-state index in [0.29, 0.717) is 17.6 Å². The predicted octanol–water partition coefficient (Wildman–Crippen LogP) is 2.74. The van der Waals surface area contributed by atoms with E-state index in [4.69, 9.17) is 10.2 Å². The summed E-state index contributed by atoms with van der Waals surface area (Å²) >= 11 is 0. The minimum absolute atomic E-state index is 0.215. The second kappa shape index (κ2) is 4.94. The molecule has 0 aliphatic heterocycles. The monoisotopic (exact) mass is 256 g/mol. The summed E-state index contributed by atoms with van der Waals surface area (Å²) in [6.45, 7) is 3.87. The lowest BCUT2D eigenvalue weighted by Gasteiger charge is -2.15. The third kappa shape index (κ3) is 2.63. The lowest BCUT2D eigenvalue weighted by molar-refractivity contribution is -0.132. The minimum atomic E-state index is -0.976. The van der Waals surface area contributed by atoms with Gasteiger partial charge >= 0.3 is 11.9 Å². The smallest absolute Gasteiger partial charge is 0.335 e. The second-order valence-corrected chi connectivity index (χ2v) is 4.24. The zero-order chi connectivity index (χ0) is 14.0. The van der Waals surface area contributed by atoms with Gasteiger partial charge in [-0.2, -0.15) is 0 Å². The first-order valence-corrected chi connectivity index (χ1v) is 5.65. The summed E-state index contributed by atoms with van der Waals surface area (Å²) in [4.78, 5) is 21.6. The molecule has 2 N–H and O–H groups in total. The molecule has 0 spiro atoms. The van der Waals surface area contributed by atoms with Crippen LogP contribution in [-0.4, -0.2) is 22.2 Å². The van der Waals surface area contributed by atoms with E-state index in [2.05, 4.69) is 6.58 Å². The van der Waals surface area contributed by atoms with Crippen molar-refractivity contribution in [2.75, 3.05) is 0 Å². The molecular formula is C15H12O4. The Morgan fingerprint density at radius 1 is 1.00 bits per heavy atom. The number of aliphatic carboxylic acids is 1. The summed E-state index contributed by atoms with van der Waals surface area (Å²) < 4.78 is 0.